The number of benzene rings is 1. The molecule has 0 saturated carbocycles. The molecule has 5 nitrogen and oxygen atoms in total. The number of ether oxygens (including phenoxy) is 1. The Morgan fingerprint density at radius 1 is 1.26 bits per heavy atom. The molecule has 0 aliphatic carbocycles. The molecule has 2 amide bonds. The molecule has 5 heteroatoms. The minimum Gasteiger partial charge on any atom is -0.491 e. The molecule has 2 aliphatic rings. The summed E-state index contributed by atoms with van der Waals surface area (Å²) in [7, 11) is 0. The second-order valence-corrected chi connectivity index (χ2v) is 5.02. The molecular weight excluding hydrogens is 244 g/mol. The highest BCUT2D eigenvalue weighted by atomic mass is 16.5. The number of piperazine rings is 1. The molecule has 1 saturated heterocycles. The number of hydrogen-bond acceptors (Lipinski definition) is 3. The van der Waals surface area contributed by atoms with E-state index in [1.165, 1.54) is 0 Å². The van der Waals surface area contributed by atoms with E-state index in [4.69, 9.17) is 4.74 Å². The Hall–Kier alpha value is -2.04. The highest BCUT2D eigenvalue weighted by molar-refractivity contribution is 5.96. The molecule has 3 unspecified atom stereocenters. The lowest BCUT2D eigenvalue weighted by molar-refractivity contribution is -0.151. The Labute approximate surface area is 111 Å². The molecule has 0 spiro atoms. The molecule has 19 heavy (non-hydrogen) atoms. The molecule has 2 heterocycles. The number of fused-ring (bicyclic) bond motifs is 1. The zero-order valence-electron chi connectivity index (χ0n) is 10.9. The second kappa shape index (κ2) is 4.26. The van der Waals surface area contributed by atoms with Crippen LogP contribution in [0.25, 0.3) is 0 Å². The van der Waals surface area contributed by atoms with E-state index in [0.717, 1.165) is 11.3 Å². The minimum absolute atomic E-state index is 0.0580. The summed E-state index contributed by atoms with van der Waals surface area (Å²) >= 11 is 0. The van der Waals surface area contributed by atoms with Gasteiger partial charge in [0.1, 0.15) is 24.4 Å². The number of amides is 2. The monoisotopic (exact) mass is 260 g/mol. The maximum atomic E-state index is 12.3. The summed E-state index contributed by atoms with van der Waals surface area (Å²) in [5.41, 5.74) is 0.976. The van der Waals surface area contributed by atoms with Crippen molar-refractivity contribution in [2.75, 3.05) is 6.61 Å². The summed E-state index contributed by atoms with van der Waals surface area (Å²) in [4.78, 5) is 25.9. The van der Waals surface area contributed by atoms with Crippen molar-refractivity contribution in [1.82, 2.24) is 10.2 Å². The van der Waals surface area contributed by atoms with Gasteiger partial charge < -0.3 is 15.0 Å². The Bertz CT molecular complexity index is 543. The predicted molar refractivity (Wildman–Crippen MR) is 68.6 cm³/mol. The summed E-state index contributed by atoms with van der Waals surface area (Å²) in [6, 6.07) is 6.54. The number of hydrogen-bond donors (Lipinski definition) is 1. The first kappa shape index (κ1) is 12.0. The zero-order chi connectivity index (χ0) is 13.6. The molecule has 0 aromatic heterocycles. The van der Waals surface area contributed by atoms with Crippen LogP contribution >= 0.6 is 0 Å². The van der Waals surface area contributed by atoms with Crippen LogP contribution in [0, 0.1) is 0 Å². The fourth-order valence-corrected chi connectivity index (χ4v) is 2.74. The van der Waals surface area contributed by atoms with Crippen LogP contribution in [0.5, 0.6) is 5.75 Å². The van der Waals surface area contributed by atoms with Gasteiger partial charge in [0.15, 0.2) is 0 Å². The van der Waals surface area contributed by atoms with Gasteiger partial charge in [0.25, 0.3) is 0 Å². The van der Waals surface area contributed by atoms with Gasteiger partial charge in [-0.1, -0.05) is 18.2 Å². The topological polar surface area (TPSA) is 58.6 Å². The van der Waals surface area contributed by atoms with Gasteiger partial charge >= 0.3 is 0 Å². The first-order valence-electron chi connectivity index (χ1n) is 6.44. The standard InChI is InChI=1S/C14H16N2O3/c1-8-14(18)16(9(2)13(17)15-8)11-7-19-12-6-4-3-5-10(11)12/h3-6,8-9,11H,7H2,1-2H3,(H,15,17). The molecule has 3 atom stereocenters. The molecule has 2 aliphatic heterocycles. The highest BCUT2D eigenvalue weighted by Crippen LogP contribution is 2.37. The summed E-state index contributed by atoms with van der Waals surface area (Å²) < 4.78 is 5.61. The molecular formula is C14H16N2O3. The Morgan fingerprint density at radius 3 is 2.79 bits per heavy atom. The second-order valence-electron chi connectivity index (χ2n) is 5.02. The lowest BCUT2D eigenvalue weighted by Crippen LogP contribution is -2.62. The highest BCUT2D eigenvalue weighted by Gasteiger charge is 2.42. The van der Waals surface area contributed by atoms with E-state index in [9.17, 15) is 9.59 Å². The van der Waals surface area contributed by atoms with E-state index in [1.54, 1.807) is 18.7 Å². The van der Waals surface area contributed by atoms with Crippen molar-refractivity contribution in [1.29, 1.82) is 0 Å². The van der Waals surface area contributed by atoms with E-state index >= 15 is 0 Å². The van der Waals surface area contributed by atoms with Crippen molar-refractivity contribution in [3.05, 3.63) is 29.8 Å². The summed E-state index contributed by atoms with van der Waals surface area (Å²) in [5, 5.41) is 2.69. The lowest BCUT2D eigenvalue weighted by atomic mass is 10.0. The number of nitrogens with zero attached hydrogens (tertiary/aromatic N) is 1. The fourth-order valence-electron chi connectivity index (χ4n) is 2.74. The summed E-state index contributed by atoms with van der Waals surface area (Å²) in [6.07, 6.45) is 0. The zero-order valence-corrected chi connectivity index (χ0v) is 10.9. The van der Waals surface area contributed by atoms with Crippen molar-refractivity contribution in [3.8, 4) is 5.75 Å². The third-order valence-corrected chi connectivity index (χ3v) is 3.79. The molecule has 0 bridgehead atoms. The first-order valence-corrected chi connectivity index (χ1v) is 6.44. The van der Waals surface area contributed by atoms with Gasteiger partial charge in [0, 0.05) is 5.56 Å². The van der Waals surface area contributed by atoms with E-state index in [0.29, 0.717) is 6.61 Å². The van der Waals surface area contributed by atoms with Gasteiger partial charge in [0.2, 0.25) is 11.8 Å². The lowest BCUT2D eigenvalue weighted by Gasteiger charge is -2.39. The third kappa shape index (κ3) is 1.77. The Kier molecular flexibility index (Phi) is 2.69. The Balaban J connectivity index is 1.97. The molecule has 100 valence electrons. The predicted octanol–water partition coefficient (Wildman–Crippen LogP) is 0.855. The largest absolute Gasteiger partial charge is 0.491 e. The van der Waals surface area contributed by atoms with E-state index in [-0.39, 0.29) is 17.9 Å². The van der Waals surface area contributed by atoms with Crippen LogP contribution in [0.4, 0.5) is 0 Å². The molecule has 1 fully saturated rings. The van der Waals surface area contributed by atoms with E-state index < -0.39 is 12.1 Å². The fraction of sp³-hybridized carbons (Fsp3) is 0.429. The normalized spacial score (nSPS) is 29.8. The van der Waals surface area contributed by atoms with E-state index in [2.05, 4.69) is 5.32 Å². The minimum atomic E-state index is -0.475. The number of carbonyl (C=O) groups excluding carboxylic acids is 2. The van der Waals surface area contributed by atoms with Crippen molar-refractivity contribution in [3.63, 3.8) is 0 Å². The van der Waals surface area contributed by atoms with Crippen LogP contribution in [0.1, 0.15) is 25.5 Å². The van der Waals surface area contributed by atoms with Crippen molar-refractivity contribution in [2.45, 2.75) is 32.0 Å². The molecule has 1 aromatic rings. The van der Waals surface area contributed by atoms with Gasteiger partial charge in [0.05, 0.1) is 6.04 Å². The quantitative estimate of drug-likeness (QED) is 0.814. The molecule has 3 rings (SSSR count). The van der Waals surface area contributed by atoms with Gasteiger partial charge in [-0.2, -0.15) is 0 Å². The first-order chi connectivity index (χ1) is 9.09. The van der Waals surface area contributed by atoms with Crippen LogP contribution in [0.2, 0.25) is 0 Å². The summed E-state index contributed by atoms with van der Waals surface area (Å²) in [6.45, 7) is 3.87. The smallest absolute Gasteiger partial charge is 0.246 e. The molecule has 1 N–H and O–H groups in total. The van der Waals surface area contributed by atoms with Gasteiger partial charge in [-0.15, -0.1) is 0 Å². The van der Waals surface area contributed by atoms with Crippen LogP contribution in [0.3, 0.4) is 0 Å². The van der Waals surface area contributed by atoms with Crippen LogP contribution in [-0.2, 0) is 9.59 Å². The molecule has 0 radical (unpaired) electrons. The number of rotatable bonds is 1. The van der Waals surface area contributed by atoms with Crippen LogP contribution in [-0.4, -0.2) is 35.4 Å². The average molecular weight is 260 g/mol. The maximum absolute atomic E-state index is 12.3. The van der Waals surface area contributed by atoms with Gasteiger partial charge in [-0.05, 0) is 19.9 Å². The van der Waals surface area contributed by atoms with Gasteiger partial charge in [-0.25, -0.2) is 0 Å². The number of carbonyl (C=O) groups is 2. The van der Waals surface area contributed by atoms with Crippen molar-refractivity contribution in [2.24, 2.45) is 0 Å². The van der Waals surface area contributed by atoms with Gasteiger partial charge in [-0.3, -0.25) is 9.59 Å². The SMILES string of the molecule is CC1NC(=O)C(C)N(C2COc3ccccc32)C1=O. The van der Waals surface area contributed by atoms with Crippen LogP contribution < -0.4 is 10.1 Å². The van der Waals surface area contributed by atoms with E-state index in [1.807, 2.05) is 24.3 Å². The summed E-state index contributed by atoms with van der Waals surface area (Å²) in [5.74, 6) is 0.625. The number of para-hydroxylation sites is 1. The number of nitrogens with one attached hydrogen (secondary N) is 1. The molecule has 1 aromatic carbocycles. The average Bonchev–Trinajstić information content (AvgIpc) is 2.81. The van der Waals surface area contributed by atoms with Crippen LogP contribution in [0.15, 0.2) is 24.3 Å². The van der Waals surface area contributed by atoms with Crippen molar-refractivity contribution >= 4 is 11.8 Å². The maximum Gasteiger partial charge on any atom is 0.246 e. The third-order valence-electron chi connectivity index (χ3n) is 3.79. The Morgan fingerprint density at radius 2 is 2.00 bits per heavy atom. The van der Waals surface area contributed by atoms with Crippen molar-refractivity contribution < 1.29 is 14.3 Å².